The molecule has 0 bridgehead atoms. The maximum absolute atomic E-state index is 10.6. The second-order valence-corrected chi connectivity index (χ2v) is 6.85. The first kappa shape index (κ1) is 16.1. The molecule has 2 heteroatoms. The Hall–Kier alpha value is -1.80. The molecule has 2 aromatic carbocycles. The van der Waals surface area contributed by atoms with Crippen LogP contribution in [-0.4, -0.2) is 29.6 Å². The minimum Gasteiger partial charge on any atom is -0.508 e. The highest BCUT2D eigenvalue weighted by Gasteiger charge is 2.40. The van der Waals surface area contributed by atoms with Crippen LogP contribution in [0.2, 0.25) is 0 Å². The van der Waals surface area contributed by atoms with Gasteiger partial charge in [0, 0.05) is 17.5 Å². The van der Waals surface area contributed by atoms with E-state index in [1.807, 2.05) is 12.1 Å². The molecule has 2 nitrogen and oxygen atoms in total. The second kappa shape index (κ2) is 6.76. The zero-order valence-electron chi connectivity index (χ0n) is 14.3. The van der Waals surface area contributed by atoms with Crippen LogP contribution in [0, 0.1) is 6.92 Å². The quantitative estimate of drug-likeness (QED) is 0.899. The third-order valence-electron chi connectivity index (χ3n) is 5.11. The maximum Gasteiger partial charge on any atom is 0.119 e. The smallest absolute Gasteiger partial charge is 0.119 e. The lowest BCUT2D eigenvalue weighted by Crippen LogP contribution is -2.47. The molecule has 0 aromatic heterocycles. The molecule has 1 atom stereocenters. The van der Waals surface area contributed by atoms with Gasteiger partial charge in [0.25, 0.3) is 0 Å². The first-order chi connectivity index (χ1) is 11.2. The Morgan fingerprint density at radius 3 is 2.65 bits per heavy atom. The molecule has 3 rings (SSSR count). The van der Waals surface area contributed by atoms with Crippen molar-refractivity contribution >= 4 is 0 Å². The lowest BCUT2D eigenvalue weighted by Gasteiger charge is -2.44. The number of phenolic OH excluding ortho intramolecular Hbond substituents is 1. The molecule has 122 valence electrons. The lowest BCUT2D eigenvalue weighted by atomic mass is 9.68. The van der Waals surface area contributed by atoms with Gasteiger partial charge in [-0.2, -0.15) is 0 Å². The number of hydrogen-bond acceptors (Lipinski definition) is 2. The number of phenols is 1. The van der Waals surface area contributed by atoms with E-state index >= 15 is 0 Å². The van der Waals surface area contributed by atoms with Crippen LogP contribution in [0.3, 0.4) is 0 Å². The normalized spacial score (nSPS) is 22.2. The van der Waals surface area contributed by atoms with Gasteiger partial charge in [-0.05, 0) is 50.9 Å². The molecule has 1 unspecified atom stereocenters. The van der Waals surface area contributed by atoms with E-state index in [0.717, 1.165) is 31.6 Å². The number of hydrogen-bond donors (Lipinski definition) is 1. The summed E-state index contributed by atoms with van der Waals surface area (Å²) in [7, 11) is 0. The summed E-state index contributed by atoms with van der Waals surface area (Å²) in [4.78, 5) is 2.55. The fourth-order valence-electron chi connectivity index (χ4n) is 4.05. The van der Waals surface area contributed by atoms with Gasteiger partial charge in [0.1, 0.15) is 5.75 Å². The minimum absolute atomic E-state index is 0.106. The van der Waals surface area contributed by atoms with E-state index in [-0.39, 0.29) is 5.41 Å². The number of piperidine rings is 1. The Labute approximate surface area is 139 Å². The summed E-state index contributed by atoms with van der Waals surface area (Å²) in [6.45, 7) is 7.62. The van der Waals surface area contributed by atoms with Crippen LogP contribution in [0.25, 0.3) is 0 Å². The van der Waals surface area contributed by atoms with Crippen molar-refractivity contribution in [3.8, 4) is 5.75 Å². The van der Waals surface area contributed by atoms with Gasteiger partial charge >= 0.3 is 0 Å². The van der Waals surface area contributed by atoms with Gasteiger partial charge in [-0.3, -0.25) is 0 Å². The van der Waals surface area contributed by atoms with Crippen molar-refractivity contribution in [2.24, 2.45) is 0 Å². The highest BCUT2D eigenvalue weighted by Crippen LogP contribution is 2.44. The molecular weight excluding hydrogens is 282 g/mol. The van der Waals surface area contributed by atoms with Crippen molar-refractivity contribution in [2.75, 3.05) is 19.6 Å². The Morgan fingerprint density at radius 2 is 1.91 bits per heavy atom. The largest absolute Gasteiger partial charge is 0.508 e. The molecule has 1 fully saturated rings. The summed E-state index contributed by atoms with van der Waals surface area (Å²) in [6, 6.07) is 16.8. The predicted molar refractivity (Wildman–Crippen MR) is 96.0 cm³/mol. The van der Waals surface area contributed by atoms with Crippen molar-refractivity contribution in [2.45, 2.75) is 38.5 Å². The Bertz CT molecular complexity index is 650. The van der Waals surface area contributed by atoms with Gasteiger partial charge in [-0.15, -0.1) is 0 Å². The average Bonchev–Trinajstić information content (AvgIpc) is 2.58. The maximum atomic E-state index is 10.6. The topological polar surface area (TPSA) is 23.5 Å². The lowest BCUT2D eigenvalue weighted by molar-refractivity contribution is 0.167. The van der Waals surface area contributed by atoms with E-state index in [9.17, 15) is 5.11 Å². The SMILES string of the molecule is CCCN1CCCC(c2ccccc2)(c2cc(C)ccc2O)C1. The standard InChI is InChI=1S/C21H27NO/c1-3-13-22-14-7-12-21(16-22,18-8-5-4-6-9-18)19-15-17(2)10-11-20(19)23/h4-6,8-11,15,23H,3,7,12-14,16H2,1-2H3. The zero-order chi connectivity index (χ0) is 16.3. The first-order valence-corrected chi connectivity index (χ1v) is 8.74. The van der Waals surface area contributed by atoms with E-state index in [0.29, 0.717) is 5.75 Å². The molecule has 23 heavy (non-hydrogen) atoms. The van der Waals surface area contributed by atoms with E-state index in [2.05, 4.69) is 55.1 Å². The van der Waals surface area contributed by atoms with Gasteiger partial charge in [-0.25, -0.2) is 0 Å². The molecule has 0 saturated carbocycles. The molecule has 1 heterocycles. The van der Waals surface area contributed by atoms with Crippen LogP contribution in [0.5, 0.6) is 5.75 Å². The molecule has 0 radical (unpaired) electrons. The van der Waals surface area contributed by atoms with Crippen molar-refractivity contribution in [3.05, 3.63) is 65.2 Å². The molecule has 2 aromatic rings. The molecule has 1 aliphatic heterocycles. The summed E-state index contributed by atoms with van der Waals surface area (Å²) in [5.74, 6) is 0.429. The van der Waals surface area contributed by atoms with Gasteiger partial charge in [0.2, 0.25) is 0 Å². The fourth-order valence-corrected chi connectivity index (χ4v) is 4.05. The Balaban J connectivity index is 2.12. The second-order valence-electron chi connectivity index (χ2n) is 6.85. The Kier molecular flexibility index (Phi) is 4.72. The van der Waals surface area contributed by atoms with Crippen LogP contribution in [0.1, 0.15) is 42.9 Å². The summed E-state index contributed by atoms with van der Waals surface area (Å²) < 4.78 is 0. The van der Waals surface area contributed by atoms with Gasteiger partial charge in [0.15, 0.2) is 0 Å². The number of benzene rings is 2. The number of likely N-dealkylation sites (tertiary alicyclic amines) is 1. The summed E-state index contributed by atoms with van der Waals surface area (Å²) in [5.41, 5.74) is 3.51. The van der Waals surface area contributed by atoms with E-state index < -0.39 is 0 Å². The molecule has 0 spiro atoms. The van der Waals surface area contributed by atoms with Gasteiger partial charge in [0.05, 0.1) is 0 Å². The van der Waals surface area contributed by atoms with Crippen molar-refractivity contribution in [3.63, 3.8) is 0 Å². The minimum atomic E-state index is -0.106. The summed E-state index contributed by atoms with van der Waals surface area (Å²) in [5, 5.41) is 10.6. The average molecular weight is 309 g/mol. The highest BCUT2D eigenvalue weighted by molar-refractivity contribution is 5.49. The molecule has 0 aliphatic carbocycles. The van der Waals surface area contributed by atoms with E-state index in [4.69, 9.17) is 0 Å². The summed E-state index contributed by atoms with van der Waals surface area (Å²) in [6.07, 6.45) is 3.43. The molecule has 1 N–H and O–H groups in total. The monoisotopic (exact) mass is 309 g/mol. The van der Waals surface area contributed by atoms with Crippen LogP contribution >= 0.6 is 0 Å². The van der Waals surface area contributed by atoms with Crippen LogP contribution < -0.4 is 0 Å². The van der Waals surface area contributed by atoms with E-state index in [1.165, 1.54) is 24.0 Å². The van der Waals surface area contributed by atoms with Gasteiger partial charge < -0.3 is 10.0 Å². The number of aromatic hydroxyl groups is 1. The van der Waals surface area contributed by atoms with E-state index in [1.54, 1.807) is 0 Å². The van der Waals surface area contributed by atoms with Crippen LogP contribution in [0.15, 0.2) is 48.5 Å². The highest BCUT2D eigenvalue weighted by atomic mass is 16.3. The summed E-state index contributed by atoms with van der Waals surface area (Å²) >= 11 is 0. The third kappa shape index (κ3) is 3.13. The Morgan fingerprint density at radius 1 is 1.13 bits per heavy atom. The van der Waals surface area contributed by atoms with Crippen molar-refractivity contribution in [1.82, 2.24) is 4.90 Å². The molecular formula is C21H27NO. The molecule has 0 amide bonds. The first-order valence-electron chi connectivity index (χ1n) is 8.74. The predicted octanol–water partition coefficient (Wildman–Crippen LogP) is 4.49. The molecule has 1 aliphatic rings. The fraction of sp³-hybridized carbons (Fsp3) is 0.429. The zero-order valence-corrected chi connectivity index (χ0v) is 14.3. The molecule has 1 saturated heterocycles. The van der Waals surface area contributed by atoms with Crippen molar-refractivity contribution < 1.29 is 5.11 Å². The van der Waals surface area contributed by atoms with Gasteiger partial charge in [-0.1, -0.05) is 55.0 Å². The number of aryl methyl sites for hydroxylation is 1. The number of nitrogens with zero attached hydrogens (tertiary/aromatic N) is 1. The van der Waals surface area contributed by atoms with Crippen molar-refractivity contribution in [1.29, 1.82) is 0 Å². The third-order valence-corrected chi connectivity index (χ3v) is 5.11. The number of rotatable bonds is 4. The van der Waals surface area contributed by atoms with Crippen LogP contribution in [0.4, 0.5) is 0 Å². The van der Waals surface area contributed by atoms with Crippen LogP contribution in [-0.2, 0) is 5.41 Å².